The predicted molar refractivity (Wildman–Crippen MR) is 69.9 cm³/mol. The van der Waals surface area contributed by atoms with E-state index in [1.165, 1.54) is 0 Å². The summed E-state index contributed by atoms with van der Waals surface area (Å²) in [6.07, 6.45) is -0.525. The number of carboxylic acids is 1. The highest BCUT2D eigenvalue weighted by Gasteiger charge is 2.39. The molecule has 0 rings (SSSR count). The maximum atomic E-state index is 12.2. The summed E-state index contributed by atoms with van der Waals surface area (Å²) in [4.78, 5) is 35.1. The Labute approximate surface area is 113 Å². The molecular weight excluding hydrogens is 250 g/mol. The average Bonchev–Trinajstić information content (AvgIpc) is 2.11. The number of hydrogen-bond acceptors (Lipinski definition) is 4. The second kappa shape index (κ2) is 6.04. The molecule has 0 bridgehead atoms. The van der Waals surface area contributed by atoms with Crippen LogP contribution in [0.3, 0.4) is 0 Å². The van der Waals surface area contributed by atoms with Crippen molar-refractivity contribution in [1.82, 2.24) is 4.90 Å². The van der Waals surface area contributed by atoms with Crippen LogP contribution in [-0.2, 0) is 14.3 Å². The van der Waals surface area contributed by atoms with Crippen molar-refractivity contribution in [3.8, 4) is 0 Å². The fourth-order valence-corrected chi connectivity index (χ4v) is 1.59. The summed E-state index contributed by atoms with van der Waals surface area (Å²) in [7, 11) is 0. The van der Waals surface area contributed by atoms with E-state index < -0.39 is 29.2 Å². The number of aliphatic carboxylic acids is 1. The highest BCUT2D eigenvalue weighted by atomic mass is 16.6. The number of hydrogen-bond donors (Lipinski definition) is 1. The van der Waals surface area contributed by atoms with Crippen LogP contribution in [0.25, 0.3) is 0 Å². The monoisotopic (exact) mass is 273 g/mol. The zero-order valence-electron chi connectivity index (χ0n) is 12.4. The standard InChI is InChI=1S/C13H23NO5/c1-12(2,3)14(9(7-8-15)10(16)17)11(18)19-13(4,5)6/h8-9H,7H2,1-6H3,(H,16,17). The van der Waals surface area contributed by atoms with Gasteiger partial charge in [-0.25, -0.2) is 9.59 Å². The maximum absolute atomic E-state index is 12.2. The van der Waals surface area contributed by atoms with Crippen LogP contribution < -0.4 is 0 Å². The van der Waals surface area contributed by atoms with E-state index in [1.807, 2.05) is 0 Å². The average molecular weight is 273 g/mol. The van der Waals surface area contributed by atoms with Crippen molar-refractivity contribution in [2.24, 2.45) is 0 Å². The van der Waals surface area contributed by atoms with Crippen LogP contribution in [0.1, 0.15) is 48.0 Å². The largest absolute Gasteiger partial charge is 0.480 e. The normalized spacial score (nSPS) is 13.6. The van der Waals surface area contributed by atoms with Crippen LogP contribution in [0, 0.1) is 0 Å². The molecule has 1 atom stereocenters. The van der Waals surface area contributed by atoms with Crippen molar-refractivity contribution in [1.29, 1.82) is 0 Å². The Kier molecular flexibility index (Phi) is 5.53. The number of rotatable bonds is 4. The summed E-state index contributed by atoms with van der Waals surface area (Å²) in [5, 5.41) is 9.18. The first-order valence-corrected chi connectivity index (χ1v) is 6.09. The number of carboxylic acid groups (broad SMARTS) is 1. The summed E-state index contributed by atoms with van der Waals surface area (Å²) in [6.45, 7) is 10.2. The van der Waals surface area contributed by atoms with Crippen molar-refractivity contribution < 1.29 is 24.2 Å². The van der Waals surface area contributed by atoms with Crippen molar-refractivity contribution >= 4 is 18.3 Å². The summed E-state index contributed by atoms with van der Waals surface area (Å²) in [5.41, 5.74) is -1.50. The van der Waals surface area contributed by atoms with E-state index in [0.29, 0.717) is 6.29 Å². The van der Waals surface area contributed by atoms with Gasteiger partial charge in [-0.05, 0) is 41.5 Å². The molecule has 0 aromatic heterocycles. The van der Waals surface area contributed by atoms with Gasteiger partial charge in [-0.1, -0.05) is 0 Å². The molecule has 1 amide bonds. The number of aldehydes is 1. The smallest absolute Gasteiger partial charge is 0.411 e. The van der Waals surface area contributed by atoms with Gasteiger partial charge in [-0.15, -0.1) is 0 Å². The van der Waals surface area contributed by atoms with Gasteiger partial charge in [0, 0.05) is 12.0 Å². The molecule has 1 unspecified atom stereocenters. The van der Waals surface area contributed by atoms with Crippen LogP contribution in [0.2, 0.25) is 0 Å². The van der Waals surface area contributed by atoms with Gasteiger partial charge in [0.1, 0.15) is 17.9 Å². The van der Waals surface area contributed by atoms with E-state index in [1.54, 1.807) is 41.5 Å². The summed E-state index contributed by atoms with van der Waals surface area (Å²) in [5.74, 6) is -1.23. The van der Waals surface area contributed by atoms with E-state index in [-0.39, 0.29) is 6.42 Å². The Bertz CT molecular complexity index is 351. The Hall–Kier alpha value is -1.59. The van der Waals surface area contributed by atoms with E-state index in [0.717, 1.165) is 4.90 Å². The Balaban J connectivity index is 5.37. The molecule has 0 saturated heterocycles. The third-order valence-corrected chi connectivity index (χ3v) is 2.23. The van der Waals surface area contributed by atoms with Gasteiger partial charge in [0.25, 0.3) is 0 Å². The Morgan fingerprint density at radius 2 is 1.68 bits per heavy atom. The molecule has 0 spiro atoms. The topological polar surface area (TPSA) is 83.9 Å². The molecule has 1 N–H and O–H groups in total. The SMILES string of the molecule is CC(C)(C)OC(=O)N(C(CC=O)C(=O)O)C(C)(C)C. The summed E-state index contributed by atoms with van der Waals surface area (Å²) < 4.78 is 5.21. The molecule has 0 heterocycles. The number of carbonyl (C=O) groups is 3. The molecule has 19 heavy (non-hydrogen) atoms. The highest BCUT2D eigenvalue weighted by Crippen LogP contribution is 2.22. The first-order valence-electron chi connectivity index (χ1n) is 6.09. The Morgan fingerprint density at radius 1 is 1.21 bits per heavy atom. The molecule has 6 heteroatoms. The molecule has 0 aliphatic heterocycles. The maximum Gasteiger partial charge on any atom is 0.411 e. The van der Waals surface area contributed by atoms with Crippen molar-refractivity contribution in [3.05, 3.63) is 0 Å². The number of carbonyl (C=O) groups excluding carboxylic acids is 2. The van der Waals surface area contributed by atoms with Crippen LogP contribution in [-0.4, -0.2) is 45.5 Å². The molecule has 0 aliphatic carbocycles. The minimum atomic E-state index is -1.23. The zero-order valence-corrected chi connectivity index (χ0v) is 12.4. The number of amides is 1. The van der Waals surface area contributed by atoms with Crippen LogP contribution in [0.5, 0.6) is 0 Å². The molecule has 0 aromatic rings. The van der Waals surface area contributed by atoms with Gasteiger partial charge >= 0.3 is 12.1 Å². The van der Waals surface area contributed by atoms with Gasteiger partial charge in [0.2, 0.25) is 0 Å². The lowest BCUT2D eigenvalue weighted by atomic mass is 10.0. The van der Waals surface area contributed by atoms with Crippen molar-refractivity contribution in [3.63, 3.8) is 0 Å². The second-order valence-electron chi connectivity index (χ2n) is 6.28. The van der Waals surface area contributed by atoms with Crippen LogP contribution in [0.4, 0.5) is 4.79 Å². The highest BCUT2D eigenvalue weighted by molar-refractivity contribution is 5.83. The first-order chi connectivity index (χ1) is 8.40. The summed E-state index contributed by atoms with van der Waals surface area (Å²) >= 11 is 0. The van der Waals surface area contributed by atoms with E-state index >= 15 is 0 Å². The fourth-order valence-electron chi connectivity index (χ4n) is 1.59. The minimum Gasteiger partial charge on any atom is -0.480 e. The zero-order chi connectivity index (χ0) is 15.4. The molecule has 0 saturated carbocycles. The third-order valence-electron chi connectivity index (χ3n) is 2.23. The molecule has 0 fully saturated rings. The van der Waals surface area contributed by atoms with Crippen LogP contribution >= 0.6 is 0 Å². The third kappa shape index (κ3) is 5.72. The predicted octanol–water partition coefficient (Wildman–Crippen LogP) is 2.06. The molecule has 0 aromatic carbocycles. The fraction of sp³-hybridized carbons (Fsp3) is 0.769. The number of nitrogens with zero attached hydrogens (tertiary/aromatic N) is 1. The van der Waals surface area contributed by atoms with Gasteiger partial charge in [-0.3, -0.25) is 4.90 Å². The lowest BCUT2D eigenvalue weighted by molar-refractivity contribution is -0.146. The molecular formula is C13H23NO5. The van der Waals surface area contributed by atoms with Crippen LogP contribution in [0.15, 0.2) is 0 Å². The van der Waals surface area contributed by atoms with Gasteiger partial charge in [0.05, 0.1) is 0 Å². The van der Waals surface area contributed by atoms with Gasteiger partial charge < -0.3 is 14.6 Å². The van der Waals surface area contributed by atoms with E-state index in [4.69, 9.17) is 4.74 Å². The summed E-state index contributed by atoms with van der Waals surface area (Å²) in [6, 6.07) is -1.23. The minimum absolute atomic E-state index is 0.272. The lowest BCUT2D eigenvalue weighted by Gasteiger charge is -2.39. The van der Waals surface area contributed by atoms with Gasteiger partial charge in [-0.2, -0.15) is 0 Å². The quantitative estimate of drug-likeness (QED) is 0.793. The van der Waals surface area contributed by atoms with Crippen molar-refractivity contribution in [2.45, 2.75) is 65.1 Å². The number of ether oxygens (including phenoxy) is 1. The first kappa shape index (κ1) is 17.4. The molecule has 110 valence electrons. The second-order valence-corrected chi connectivity index (χ2v) is 6.28. The van der Waals surface area contributed by atoms with E-state index in [2.05, 4.69) is 0 Å². The molecule has 0 radical (unpaired) electrons. The van der Waals surface area contributed by atoms with Crippen molar-refractivity contribution in [2.75, 3.05) is 0 Å². The molecule has 6 nitrogen and oxygen atoms in total. The lowest BCUT2D eigenvalue weighted by Crippen LogP contribution is -2.56. The Morgan fingerprint density at radius 3 is 1.95 bits per heavy atom. The van der Waals surface area contributed by atoms with Gasteiger partial charge in [0.15, 0.2) is 0 Å². The van der Waals surface area contributed by atoms with E-state index in [9.17, 15) is 19.5 Å². The molecule has 0 aliphatic rings.